The number of hydrogen-bond acceptors (Lipinski definition) is 6. The summed E-state index contributed by atoms with van der Waals surface area (Å²) in [7, 11) is 0. The first kappa shape index (κ1) is 11.9. The van der Waals surface area contributed by atoms with Crippen LogP contribution in [0.4, 0.5) is 0 Å². The van der Waals surface area contributed by atoms with Gasteiger partial charge in [-0.1, -0.05) is 0 Å². The van der Waals surface area contributed by atoms with Crippen molar-refractivity contribution in [2.75, 3.05) is 13.2 Å². The summed E-state index contributed by atoms with van der Waals surface area (Å²) in [6.45, 7) is 2.70. The average Bonchev–Trinajstić information content (AvgIpc) is 2.10. The van der Waals surface area contributed by atoms with Crippen LogP contribution in [0.1, 0.15) is 13.8 Å². The molecule has 1 heterocycles. The first-order chi connectivity index (χ1) is 7.00. The summed E-state index contributed by atoms with van der Waals surface area (Å²) in [5.74, 6) is -1.02. The summed E-state index contributed by atoms with van der Waals surface area (Å²) in [5.41, 5.74) is 0. The van der Waals surface area contributed by atoms with Crippen LogP contribution in [-0.4, -0.2) is 48.6 Å². The Labute approximate surface area is 87.1 Å². The lowest BCUT2D eigenvalue weighted by molar-refractivity contribution is -0.196. The third-order valence-corrected chi connectivity index (χ3v) is 1.96. The Morgan fingerprint density at radius 1 is 1.13 bits per heavy atom. The van der Waals surface area contributed by atoms with Gasteiger partial charge in [0.1, 0.15) is 6.10 Å². The van der Waals surface area contributed by atoms with Crippen molar-refractivity contribution in [1.29, 1.82) is 0 Å². The number of ether oxygens (including phenoxy) is 3. The van der Waals surface area contributed by atoms with E-state index in [0.717, 1.165) is 0 Å². The highest BCUT2D eigenvalue weighted by atomic mass is 16.6. The Morgan fingerprint density at radius 3 is 1.87 bits per heavy atom. The van der Waals surface area contributed by atoms with Crippen LogP contribution in [0.3, 0.4) is 0 Å². The van der Waals surface area contributed by atoms with Gasteiger partial charge in [-0.2, -0.15) is 0 Å². The van der Waals surface area contributed by atoms with Crippen LogP contribution in [0.5, 0.6) is 0 Å². The van der Waals surface area contributed by atoms with Gasteiger partial charge in [0.2, 0.25) is 0 Å². The highest BCUT2D eigenvalue weighted by molar-refractivity contribution is 5.67. The molecule has 1 aliphatic heterocycles. The highest BCUT2D eigenvalue weighted by Gasteiger charge is 2.36. The van der Waals surface area contributed by atoms with Gasteiger partial charge in [0, 0.05) is 13.8 Å². The van der Waals surface area contributed by atoms with E-state index < -0.39 is 30.3 Å². The topological polar surface area (TPSA) is 82.1 Å². The van der Waals surface area contributed by atoms with E-state index in [1.165, 1.54) is 13.8 Å². The molecule has 0 radical (unpaired) electrons. The number of hydrogen-bond donors (Lipinski definition) is 1. The monoisotopic (exact) mass is 218 g/mol. The third-order valence-electron chi connectivity index (χ3n) is 1.96. The van der Waals surface area contributed by atoms with Gasteiger partial charge in [-0.05, 0) is 0 Å². The Bertz CT molecular complexity index is 227. The van der Waals surface area contributed by atoms with Gasteiger partial charge in [0.05, 0.1) is 13.2 Å². The fraction of sp³-hybridized carbons (Fsp3) is 0.778. The number of rotatable bonds is 2. The molecule has 1 aliphatic rings. The van der Waals surface area contributed by atoms with Crippen molar-refractivity contribution < 1.29 is 28.9 Å². The van der Waals surface area contributed by atoms with Gasteiger partial charge in [0.25, 0.3) is 0 Å². The number of carbonyl (C=O) groups excluding carboxylic acids is 2. The lowest BCUT2D eigenvalue weighted by Crippen LogP contribution is -2.51. The van der Waals surface area contributed by atoms with Gasteiger partial charge in [-0.15, -0.1) is 0 Å². The molecular weight excluding hydrogens is 204 g/mol. The highest BCUT2D eigenvalue weighted by Crippen LogP contribution is 2.15. The SMILES string of the molecule is CC(=O)OC1COCC(OC(C)=O)C1O. The van der Waals surface area contributed by atoms with E-state index in [0.29, 0.717) is 0 Å². The maximum absolute atomic E-state index is 10.7. The van der Waals surface area contributed by atoms with Crippen LogP contribution < -0.4 is 0 Å². The largest absolute Gasteiger partial charge is 0.457 e. The molecule has 6 heteroatoms. The first-order valence-corrected chi connectivity index (χ1v) is 4.61. The molecule has 0 amide bonds. The van der Waals surface area contributed by atoms with Gasteiger partial charge < -0.3 is 19.3 Å². The minimum atomic E-state index is -1.04. The van der Waals surface area contributed by atoms with Crippen molar-refractivity contribution >= 4 is 11.9 Å². The zero-order chi connectivity index (χ0) is 11.4. The van der Waals surface area contributed by atoms with Gasteiger partial charge >= 0.3 is 11.9 Å². The number of aliphatic hydroxyl groups is 1. The van der Waals surface area contributed by atoms with Crippen molar-refractivity contribution in [2.45, 2.75) is 32.2 Å². The van der Waals surface area contributed by atoms with Crippen LogP contribution in [0.25, 0.3) is 0 Å². The molecule has 1 N–H and O–H groups in total. The molecule has 6 nitrogen and oxygen atoms in total. The van der Waals surface area contributed by atoms with Gasteiger partial charge in [-0.25, -0.2) is 0 Å². The first-order valence-electron chi connectivity index (χ1n) is 4.61. The molecule has 1 fully saturated rings. The van der Waals surface area contributed by atoms with E-state index in [2.05, 4.69) is 0 Å². The summed E-state index contributed by atoms with van der Waals surface area (Å²) in [5, 5.41) is 9.69. The van der Waals surface area contributed by atoms with E-state index in [-0.39, 0.29) is 13.2 Å². The number of esters is 2. The second kappa shape index (κ2) is 5.09. The molecule has 15 heavy (non-hydrogen) atoms. The second-order valence-corrected chi connectivity index (χ2v) is 3.32. The molecule has 1 saturated heterocycles. The van der Waals surface area contributed by atoms with Crippen molar-refractivity contribution in [2.24, 2.45) is 0 Å². The van der Waals surface area contributed by atoms with Crippen LogP contribution in [0.15, 0.2) is 0 Å². The lowest BCUT2D eigenvalue weighted by atomic mass is 10.1. The summed E-state index contributed by atoms with van der Waals surface area (Å²) in [4.78, 5) is 21.4. The molecule has 2 unspecified atom stereocenters. The van der Waals surface area contributed by atoms with Gasteiger partial charge in [0.15, 0.2) is 12.2 Å². The van der Waals surface area contributed by atoms with Crippen molar-refractivity contribution in [3.63, 3.8) is 0 Å². The van der Waals surface area contributed by atoms with E-state index in [1.807, 2.05) is 0 Å². The summed E-state index contributed by atoms with van der Waals surface area (Å²) in [6, 6.07) is 0. The lowest BCUT2D eigenvalue weighted by Gasteiger charge is -2.33. The molecule has 0 aliphatic carbocycles. The molecule has 0 saturated carbocycles. The molecule has 86 valence electrons. The Balaban J connectivity index is 2.54. The molecule has 0 spiro atoms. The van der Waals surface area contributed by atoms with Crippen molar-refractivity contribution in [3.8, 4) is 0 Å². The molecule has 0 aromatic carbocycles. The molecular formula is C9H14O6. The standard InChI is InChI=1S/C9H14O6/c1-5(10)14-7-3-13-4-8(9(7)12)15-6(2)11/h7-9,12H,3-4H2,1-2H3. The maximum atomic E-state index is 10.7. The van der Waals surface area contributed by atoms with Crippen LogP contribution >= 0.6 is 0 Å². The minimum Gasteiger partial charge on any atom is -0.457 e. The number of carbonyl (C=O) groups is 2. The molecule has 2 atom stereocenters. The van der Waals surface area contributed by atoms with Crippen LogP contribution in [0.2, 0.25) is 0 Å². The summed E-state index contributed by atoms with van der Waals surface area (Å²) in [6.07, 6.45) is -2.59. The predicted octanol–water partition coefficient (Wildman–Crippen LogP) is -0.759. The van der Waals surface area contributed by atoms with Gasteiger partial charge in [-0.3, -0.25) is 9.59 Å². The zero-order valence-electron chi connectivity index (χ0n) is 8.63. The van der Waals surface area contributed by atoms with E-state index >= 15 is 0 Å². The molecule has 1 rings (SSSR count). The predicted molar refractivity (Wildman–Crippen MR) is 47.9 cm³/mol. The zero-order valence-corrected chi connectivity index (χ0v) is 8.63. The van der Waals surface area contributed by atoms with E-state index in [1.54, 1.807) is 0 Å². The van der Waals surface area contributed by atoms with Crippen LogP contribution in [0, 0.1) is 0 Å². The quantitative estimate of drug-likeness (QED) is 0.613. The Hall–Kier alpha value is -1.14. The van der Waals surface area contributed by atoms with Crippen molar-refractivity contribution in [1.82, 2.24) is 0 Å². The van der Waals surface area contributed by atoms with E-state index in [9.17, 15) is 14.7 Å². The fourth-order valence-corrected chi connectivity index (χ4v) is 1.37. The van der Waals surface area contributed by atoms with Crippen LogP contribution in [-0.2, 0) is 23.8 Å². The van der Waals surface area contributed by atoms with E-state index in [4.69, 9.17) is 14.2 Å². The second-order valence-electron chi connectivity index (χ2n) is 3.32. The van der Waals surface area contributed by atoms with Crippen molar-refractivity contribution in [3.05, 3.63) is 0 Å². The summed E-state index contributed by atoms with van der Waals surface area (Å²) < 4.78 is 14.7. The Kier molecular flexibility index (Phi) is 4.05. The smallest absolute Gasteiger partial charge is 0.303 e. The minimum absolute atomic E-state index is 0.110. The fourth-order valence-electron chi connectivity index (χ4n) is 1.37. The maximum Gasteiger partial charge on any atom is 0.303 e. The molecule has 0 aromatic heterocycles. The third kappa shape index (κ3) is 3.49. The summed E-state index contributed by atoms with van der Waals surface area (Å²) >= 11 is 0. The Morgan fingerprint density at radius 2 is 1.53 bits per heavy atom. The molecule has 0 aromatic rings. The molecule has 0 bridgehead atoms. The number of aliphatic hydroxyl groups excluding tert-OH is 1. The normalized spacial score (nSPS) is 30.7. The average molecular weight is 218 g/mol.